The molecule has 9 saturated heterocycles. The van der Waals surface area contributed by atoms with Crippen LogP contribution < -0.4 is 31.9 Å². The van der Waals surface area contributed by atoms with Crippen molar-refractivity contribution in [1.82, 2.24) is 31.9 Å². The van der Waals surface area contributed by atoms with Crippen molar-refractivity contribution in [3.63, 3.8) is 0 Å². The van der Waals surface area contributed by atoms with E-state index in [4.69, 9.17) is 80.5 Å². The van der Waals surface area contributed by atoms with Crippen LogP contribution in [0.3, 0.4) is 0 Å². The number of rotatable bonds is 31. The molecule has 0 spiro atoms. The zero-order valence-electron chi connectivity index (χ0n) is 64.0. The predicted molar refractivity (Wildman–Crippen MR) is 367 cm³/mol. The van der Waals surface area contributed by atoms with E-state index in [9.17, 15) is 146 Å². The third kappa shape index (κ3) is 21.9. The first kappa shape index (κ1) is 97.0. The van der Waals surface area contributed by atoms with Crippen molar-refractivity contribution < 1.29 is 227 Å². The van der Waals surface area contributed by atoms with Crippen molar-refractivity contribution >= 4 is 35.4 Å². The van der Waals surface area contributed by atoms with Gasteiger partial charge in [-0.2, -0.15) is 0 Å². The van der Waals surface area contributed by atoms with Crippen molar-refractivity contribution in [2.75, 3.05) is 59.5 Å². The van der Waals surface area contributed by atoms with Crippen molar-refractivity contribution in [2.45, 2.75) is 318 Å². The molecule has 9 rings (SSSR count). The Morgan fingerprint density at radius 1 is 0.220 bits per heavy atom. The van der Waals surface area contributed by atoms with Crippen LogP contribution in [0.15, 0.2) is 0 Å². The Labute approximate surface area is 669 Å². The molecule has 680 valence electrons. The highest BCUT2D eigenvalue weighted by molar-refractivity contribution is 5.75. The van der Waals surface area contributed by atoms with Crippen molar-refractivity contribution in [3.8, 4) is 0 Å². The lowest BCUT2D eigenvalue weighted by atomic mass is 9.93. The molecule has 0 aliphatic carbocycles. The molecule has 52 heteroatoms. The van der Waals surface area contributed by atoms with E-state index in [1.165, 1.54) is 0 Å². The second kappa shape index (κ2) is 42.7. The summed E-state index contributed by atoms with van der Waals surface area (Å²) in [6.45, 7) is -4.04. The number of amides is 6. The van der Waals surface area contributed by atoms with Crippen LogP contribution in [0.2, 0.25) is 0 Å². The quantitative estimate of drug-likeness (QED) is 0.0306. The molecule has 52 nitrogen and oxygen atoms in total. The van der Waals surface area contributed by atoms with Crippen molar-refractivity contribution in [3.05, 3.63) is 0 Å². The first-order valence-corrected chi connectivity index (χ1v) is 37.6. The summed E-state index contributed by atoms with van der Waals surface area (Å²) in [6, 6.07) is -10.8. The van der Waals surface area contributed by atoms with Gasteiger partial charge in [-0.1, -0.05) is 0 Å². The number of aliphatic hydroxyl groups is 23. The van der Waals surface area contributed by atoms with Gasteiger partial charge in [-0.15, -0.1) is 0 Å². The third-order valence-corrected chi connectivity index (χ3v) is 21.2. The molecule has 0 saturated carbocycles. The number of nitrogens with one attached hydrogen (secondary N) is 6. The van der Waals surface area contributed by atoms with Gasteiger partial charge < -0.3 is 230 Å². The minimum atomic E-state index is -2.59. The lowest BCUT2D eigenvalue weighted by Crippen LogP contribution is -2.71. The Balaban J connectivity index is 1.06. The Bertz CT molecular complexity index is 3230. The summed E-state index contributed by atoms with van der Waals surface area (Å²) in [5, 5.41) is 273. The van der Waals surface area contributed by atoms with Gasteiger partial charge in [0.05, 0.1) is 59.5 Å². The maximum absolute atomic E-state index is 13.1. The molecule has 9 aliphatic heterocycles. The summed E-state index contributed by atoms with van der Waals surface area (Å²) in [5.74, 6) is -5.25. The summed E-state index contributed by atoms with van der Waals surface area (Å²) in [4.78, 5) is 76.0. The Hall–Kier alpha value is -4.78. The van der Waals surface area contributed by atoms with Gasteiger partial charge in [-0.05, 0) is 0 Å². The molecule has 0 bridgehead atoms. The van der Waals surface area contributed by atoms with Crippen LogP contribution in [0.25, 0.3) is 0 Å². The van der Waals surface area contributed by atoms with E-state index in [-0.39, 0.29) is 0 Å². The van der Waals surface area contributed by atoms with Gasteiger partial charge in [0.15, 0.2) is 56.6 Å². The second-order valence-corrected chi connectivity index (χ2v) is 29.6. The highest BCUT2D eigenvalue weighted by Crippen LogP contribution is 2.40. The molecular formula is C66H110N6O46. The Morgan fingerprint density at radius 3 is 0.771 bits per heavy atom. The largest absolute Gasteiger partial charge is 0.394 e. The molecule has 45 atom stereocenters. The Morgan fingerprint density at radius 2 is 0.449 bits per heavy atom. The number of ether oxygens (including phenoxy) is 17. The summed E-state index contributed by atoms with van der Waals surface area (Å²) < 4.78 is 102. The fourth-order valence-corrected chi connectivity index (χ4v) is 15.3. The molecule has 9 fully saturated rings. The molecule has 6 amide bonds. The third-order valence-electron chi connectivity index (χ3n) is 21.2. The molecule has 0 radical (unpaired) electrons. The number of carbonyl (C=O) groups is 6. The minimum Gasteiger partial charge on any atom is -0.394 e. The topological polar surface area (TPSA) is 797 Å². The van der Waals surface area contributed by atoms with Gasteiger partial charge in [0.25, 0.3) is 0 Å². The summed E-state index contributed by atoms with van der Waals surface area (Å²) >= 11 is 0. The van der Waals surface area contributed by atoms with Crippen molar-refractivity contribution in [1.29, 1.82) is 0 Å². The molecule has 9 heterocycles. The summed E-state index contributed by atoms with van der Waals surface area (Å²) in [6.07, 6.45) is -80.8. The lowest BCUT2D eigenvalue weighted by molar-refractivity contribution is -0.398. The minimum absolute atomic E-state index is 0.792. The number of carbonyl (C=O) groups excluding carboxylic acids is 6. The van der Waals surface area contributed by atoms with Crippen LogP contribution in [0.5, 0.6) is 0 Å². The molecule has 0 aromatic rings. The van der Waals surface area contributed by atoms with Gasteiger partial charge in [0.1, 0.15) is 219 Å². The van der Waals surface area contributed by atoms with Gasteiger partial charge in [-0.25, -0.2) is 0 Å². The molecule has 1 unspecified atom stereocenters. The fraction of sp³-hybridized carbons (Fsp3) is 0.909. The van der Waals surface area contributed by atoms with Crippen molar-refractivity contribution in [2.24, 2.45) is 0 Å². The molecular weight excluding hydrogens is 1610 g/mol. The fourth-order valence-electron chi connectivity index (χ4n) is 15.3. The predicted octanol–water partition coefficient (Wildman–Crippen LogP) is -19.8. The first-order chi connectivity index (χ1) is 55.8. The van der Waals surface area contributed by atoms with Crippen LogP contribution in [-0.4, -0.2) is 488 Å². The Kier molecular flexibility index (Phi) is 35.1. The van der Waals surface area contributed by atoms with Gasteiger partial charge in [0, 0.05) is 41.5 Å². The van der Waals surface area contributed by atoms with Gasteiger partial charge in [0.2, 0.25) is 35.4 Å². The van der Waals surface area contributed by atoms with Crippen LogP contribution >= 0.6 is 0 Å². The summed E-state index contributed by atoms with van der Waals surface area (Å²) in [5.41, 5.74) is 0. The zero-order chi connectivity index (χ0) is 87.1. The highest BCUT2D eigenvalue weighted by atomic mass is 16.8. The van der Waals surface area contributed by atoms with E-state index >= 15 is 0 Å². The molecule has 118 heavy (non-hydrogen) atoms. The van der Waals surface area contributed by atoms with E-state index in [1.807, 2.05) is 0 Å². The van der Waals surface area contributed by atoms with Crippen LogP contribution in [0.1, 0.15) is 41.5 Å². The lowest BCUT2D eigenvalue weighted by Gasteiger charge is -2.51. The molecule has 0 aromatic carbocycles. The smallest absolute Gasteiger partial charge is 0.217 e. The van der Waals surface area contributed by atoms with Crippen LogP contribution in [0.4, 0.5) is 0 Å². The summed E-state index contributed by atoms with van der Waals surface area (Å²) in [7, 11) is 0. The maximum atomic E-state index is 13.1. The monoisotopic (exact) mass is 1720 g/mol. The normalized spacial score (nSPS) is 46.9. The zero-order valence-corrected chi connectivity index (χ0v) is 64.0. The molecule has 29 N–H and O–H groups in total. The number of aliphatic hydroxyl groups excluding tert-OH is 23. The van der Waals surface area contributed by atoms with Gasteiger partial charge in [-0.3, -0.25) is 28.8 Å². The maximum Gasteiger partial charge on any atom is 0.217 e. The van der Waals surface area contributed by atoms with E-state index < -0.39 is 371 Å². The molecule has 0 aromatic heterocycles. The van der Waals surface area contributed by atoms with Gasteiger partial charge >= 0.3 is 0 Å². The molecule has 9 aliphatic rings. The van der Waals surface area contributed by atoms with Crippen LogP contribution in [-0.2, 0) is 109 Å². The highest BCUT2D eigenvalue weighted by Gasteiger charge is 2.61. The van der Waals surface area contributed by atoms with E-state index in [0.717, 1.165) is 41.5 Å². The second-order valence-electron chi connectivity index (χ2n) is 29.6. The average Bonchev–Trinajstić information content (AvgIpc) is 0.704. The standard InChI is InChI=1S/C66H110N6O46/c1-16(81)67-31-44(94)51(26(11-77)103-58(31)101)112-61-34(70-19(4)84)47(97)54(29(14-80)108-61)115-64-50(100)55(116-66-57(49(99)40(90)25(10-76)107-66)118-63-36(72-21(6)86)46(96)53(28(13-79)110-63)114-60-33(69-18(3)83)43(93)38(88)23(8-74)105-60)41(91)30(111-64)15-102-65-56(48(98)39(89)24(9-75)106-65)117-62-35(71-20(5)85)45(95)52(27(12-78)109-62)113-59-32(68-17(2)82)42(92)37(87)22(7-73)104-59/h22-66,73-80,87-101H,7-15H2,1-6H3,(H,67,81)(H,68,82)(H,69,83)(H,70,84)(H,71,85)(H,72,86)/t22-,23-,24-,25-,26-,27-,28-,29-,30-,31-,32-,33-,34-,35-,36-,37-,38-,39-,40-,41-,42-,43-,44-,45-,46-,47-,48+,49+,50+,51-,52-,53-,54-,55+,56+,57+,58?,59+,60+,61+,62+,63+,64+,65+,66-/m1/s1. The van der Waals surface area contributed by atoms with E-state index in [2.05, 4.69) is 31.9 Å². The first-order valence-electron chi connectivity index (χ1n) is 37.6. The number of hydrogen-bond donors (Lipinski definition) is 29. The van der Waals surface area contributed by atoms with E-state index in [0.29, 0.717) is 0 Å². The SMILES string of the molecule is CC(=O)N[C@H]1[C@H](O[C@H]2[C@H](O)[C@@H](NC(C)=O)C(O)O[C@@H]2CO)O[C@H](CO)[C@@H](O[C@@H]2O[C@H](CO[C@H]3O[C@H](CO)[C@@H](O)[C@H](O)[C@@H]3O[C@@H]3O[C@H](CO)[C@@H](O[C@@H]4O[C@H](CO)[C@@H](O)[C@H](O)[C@H]4NC(C)=O)[C@H](O)[C@H]3NC(C)=O)[C@@H](O)[C@H](O[C@H]3O[C@H](CO)[C@@H](O)[C@H](O)[C@@H]3O[C@@H]3O[C@H](CO)[C@@H](O[C@@H]4O[C@H](CO)[C@@H](O)[C@H](O)[C@H]4NC(C)=O)[C@H](O)[C@H]3NC(C)=O)[C@@H]2O)[C@@H]1O. The van der Waals surface area contributed by atoms with Crippen LogP contribution in [0, 0.1) is 0 Å². The average molecular weight is 1720 g/mol. The van der Waals surface area contributed by atoms with E-state index in [1.54, 1.807) is 0 Å². The number of hydrogen-bond acceptors (Lipinski definition) is 46.